The van der Waals surface area contributed by atoms with Gasteiger partial charge in [-0.05, 0) is 48.1 Å². The summed E-state index contributed by atoms with van der Waals surface area (Å²) in [7, 11) is 0. The Balaban J connectivity index is 1.98. The van der Waals surface area contributed by atoms with Crippen molar-refractivity contribution in [2.45, 2.75) is 0 Å². The molecule has 0 aliphatic rings. The predicted molar refractivity (Wildman–Crippen MR) is 77.9 cm³/mol. The number of H-pyrrole nitrogens is 1. The van der Waals surface area contributed by atoms with Gasteiger partial charge in [0.05, 0.1) is 12.5 Å². The molecule has 0 saturated carbocycles. The molecule has 2 aromatic heterocycles. The van der Waals surface area contributed by atoms with Crippen LogP contribution in [-0.4, -0.2) is 31.3 Å². The standard InChI is InChI=1S/C13H10N4O3S/c18-9-4-3-8(6-10(9)19)7-14-17-12(15-16-13(17)21)11-2-1-5-20-11/h1-7,18-19H,(H,16,21)/b14-7+. The van der Waals surface area contributed by atoms with Crippen LogP contribution in [0.25, 0.3) is 11.6 Å². The van der Waals surface area contributed by atoms with Crippen LogP contribution in [0, 0.1) is 4.77 Å². The number of phenols is 2. The summed E-state index contributed by atoms with van der Waals surface area (Å²) in [6.45, 7) is 0. The molecule has 0 aliphatic heterocycles. The minimum Gasteiger partial charge on any atom is -0.504 e. The monoisotopic (exact) mass is 302 g/mol. The molecule has 3 N–H and O–H groups in total. The molecule has 0 fully saturated rings. The third-order valence-electron chi connectivity index (χ3n) is 2.71. The van der Waals surface area contributed by atoms with E-state index in [2.05, 4.69) is 15.3 Å². The molecule has 1 aromatic carbocycles. The van der Waals surface area contributed by atoms with E-state index in [1.165, 1.54) is 29.3 Å². The Labute approximate surface area is 123 Å². The molecule has 3 rings (SSSR count). The number of aromatic amines is 1. The van der Waals surface area contributed by atoms with E-state index >= 15 is 0 Å². The van der Waals surface area contributed by atoms with Crippen LogP contribution >= 0.6 is 12.2 Å². The third-order valence-corrected chi connectivity index (χ3v) is 2.98. The molecular weight excluding hydrogens is 292 g/mol. The van der Waals surface area contributed by atoms with Crippen LogP contribution in [0.5, 0.6) is 11.5 Å². The van der Waals surface area contributed by atoms with E-state index in [0.29, 0.717) is 21.9 Å². The average molecular weight is 302 g/mol. The van der Waals surface area contributed by atoms with Crippen LogP contribution in [0.2, 0.25) is 0 Å². The van der Waals surface area contributed by atoms with Crippen molar-refractivity contribution in [3.05, 3.63) is 46.9 Å². The van der Waals surface area contributed by atoms with Gasteiger partial charge in [0.15, 0.2) is 17.3 Å². The van der Waals surface area contributed by atoms with E-state index in [4.69, 9.17) is 16.6 Å². The second-order valence-corrected chi connectivity index (χ2v) is 4.52. The van der Waals surface area contributed by atoms with Gasteiger partial charge in [0, 0.05) is 0 Å². The van der Waals surface area contributed by atoms with Gasteiger partial charge in [-0.15, -0.1) is 5.10 Å². The number of benzene rings is 1. The number of phenolic OH excluding ortho intramolecular Hbond substituents is 2. The Hall–Kier alpha value is -2.87. The molecule has 3 aromatic rings. The lowest BCUT2D eigenvalue weighted by Crippen LogP contribution is -1.94. The van der Waals surface area contributed by atoms with Crippen LogP contribution in [0.15, 0.2) is 46.1 Å². The summed E-state index contributed by atoms with van der Waals surface area (Å²) in [6.07, 6.45) is 3.01. The lowest BCUT2D eigenvalue weighted by Gasteiger charge is -1.99. The van der Waals surface area contributed by atoms with E-state index in [-0.39, 0.29) is 11.5 Å². The van der Waals surface area contributed by atoms with Crippen molar-refractivity contribution in [2.24, 2.45) is 5.10 Å². The van der Waals surface area contributed by atoms with Crippen LogP contribution in [0.1, 0.15) is 5.56 Å². The second kappa shape index (κ2) is 5.25. The van der Waals surface area contributed by atoms with Gasteiger partial charge in [0.1, 0.15) is 0 Å². The molecule has 0 bridgehead atoms. The van der Waals surface area contributed by atoms with E-state index in [1.807, 2.05) is 0 Å². The van der Waals surface area contributed by atoms with Crippen molar-refractivity contribution in [1.82, 2.24) is 14.9 Å². The molecule has 0 saturated heterocycles. The molecule has 0 unspecified atom stereocenters. The van der Waals surface area contributed by atoms with Crippen molar-refractivity contribution in [3.63, 3.8) is 0 Å². The second-order valence-electron chi connectivity index (χ2n) is 4.13. The normalized spacial score (nSPS) is 11.2. The zero-order valence-electron chi connectivity index (χ0n) is 10.6. The van der Waals surface area contributed by atoms with Gasteiger partial charge in [0.25, 0.3) is 0 Å². The molecule has 0 radical (unpaired) electrons. The number of hydrogen-bond acceptors (Lipinski definition) is 6. The van der Waals surface area contributed by atoms with Crippen LogP contribution in [0.3, 0.4) is 0 Å². The largest absolute Gasteiger partial charge is 0.504 e. The first-order valence-electron chi connectivity index (χ1n) is 5.93. The first-order valence-corrected chi connectivity index (χ1v) is 6.33. The molecular formula is C13H10N4O3S. The predicted octanol–water partition coefficient (Wildman–Crippen LogP) is 2.49. The zero-order chi connectivity index (χ0) is 14.8. The highest BCUT2D eigenvalue weighted by Gasteiger charge is 2.10. The topological polar surface area (TPSA) is 99.6 Å². The zero-order valence-corrected chi connectivity index (χ0v) is 11.4. The first-order chi connectivity index (χ1) is 10.1. The highest BCUT2D eigenvalue weighted by atomic mass is 32.1. The van der Waals surface area contributed by atoms with Crippen LogP contribution in [0.4, 0.5) is 0 Å². The minimum atomic E-state index is -0.221. The van der Waals surface area contributed by atoms with E-state index in [9.17, 15) is 10.2 Å². The van der Waals surface area contributed by atoms with Gasteiger partial charge in [-0.2, -0.15) is 9.78 Å². The van der Waals surface area contributed by atoms with Gasteiger partial charge in [0.2, 0.25) is 10.6 Å². The molecule has 0 atom stereocenters. The molecule has 2 heterocycles. The SMILES string of the molecule is Oc1ccc(/C=N/n2c(-c3ccco3)n[nH]c2=S)cc1O. The Morgan fingerprint density at radius 2 is 2.14 bits per heavy atom. The Morgan fingerprint density at radius 3 is 2.86 bits per heavy atom. The van der Waals surface area contributed by atoms with Crippen LogP contribution < -0.4 is 0 Å². The molecule has 7 nitrogen and oxygen atoms in total. The maximum absolute atomic E-state index is 9.44. The Morgan fingerprint density at radius 1 is 1.29 bits per heavy atom. The lowest BCUT2D eigenvalue weighted by atomic mass is 10.2. The summed E-state index contributed by atoms with van der Waals surface area (Å²) < 4.78 is 6.97. The number of nitrogens with one attached hydrogen (secondary N) is 1. The van der Waals surface area contributed by atoms with E-state index in [0.717, 1.165) is 0 Å². The fourth-order valence-corrected chi connectivity index (χ4v) is 1.89. The van der Waals surface area contributed by atoms with Crippen molar-refractivity contribution < 1.29 is 14.6 Å². The molecule has 0 amide bonds. The Bertz CT molecular complexity index is 849. The van der Waals surface area contributed by atoms with Gasteiger partial charge in [-0.1, -0.05) is 0 Å². The summed E-state index contributed by atoms with van der Waals surface area (Å²) in [6, 6.07) is 7.84. The number of nitrogens with zero attached hydrogens (tertiary/aromatic N) is 3. The smallest absolute Gasteiger partial charge is 0.219 e. The summed E-state index contributed by atoms with van der Waals surface area (Å²) in [5.74, 6) is 0.543. The lowest BCUT2D eigenvalue weighted by molar-refractivity contribution is 0.403. The molecule has 21 heavy (non-hydrogen) atoms. The number of hydrogen-bond donors (Lipinski definition) is 3. The molecule has 106 valence electrons. The summed E-state index contributed by atoms with van der Waals surface area (Å²) in [5.41, 5.74) is 0.596. The van der Waals surface area contributed by atoms with E-state index < -0.39 is 0 Å². The fraction of sp³-hybridized carbons (Fsp3) is 0. The maximum atomic E-state index is 9.44. The first kappa shape index (κ1) is 13.1. The summed E-state index contributed by atoms with van der Waals surface area (Å²) in [4.78, 5) is 0. The van der Waals surface area contributed by atoms with Gasteiger partial charge < -0.3 is 14.6 Å². The molecule has 0 spiro atoms. The number of aromatic nitrogens is 3. The van der Waals surface area contributed by atoms with Crippen LogP contribution in [-0.2, 0) is 0 Å². The summed E-state index contributed by atoms with van der Waals surface area (Å²) >= 11 is 5.11. The maximum Gasteiger partial charge on any atom is 0.219 e. The average Bonchev–Trinajstić information content (AvgIpc) is 3.10. The number of aromatic hydroxyl groups is 2. The van der Waals surface area contributed by atoms with Crippen molar-refractivity contribution >= 4 is 18.4 Å². The fourth-order valence-electron chi connectivity index (χ4n) is 1.71. The van der Waals surface area contributed by atoms with Gasteiger partial charge in [-0.25, -0.2) is 5.10 Å². The molecule has 8 heteroatoms. The summed E-state index contributed by atoms with van der Waals surface area (Å²) in [5, 5.41) is 29.6. The van der Waals surface area contributed by atoms with Gasteiger partial charge >= 0.3 is 0 Å². The highest BCUT2D eigenvalue weighted by molar-refractivity contribution is 7.71. The quantitative estimate of drug-likeness (QED) is 0.392. The van der Waals surface area contributed by atoms with Crippen molar-refractivity contribution in [2.75, 3.05) is 0 Å². The van der Waals surface area contributed by atoms with Crippen molar-refractivity contribution in [1.29, 1.82) is 0 Å². The Kier molecular flexibility index (Phi) is 3.28. The number of furan rings is 1. The third kappa shape index (κ3) is 2.56. The van der Waals surface area contributed by atoms with E-state index in [1.54, 1.807) is 18.2 Å². The minimum absolute atomic E-state index is 0.191. The van der Waals surface area contributed by atoms with Gasteiger partial charge in [-0.3, -0.25) is 0 Å². The van der Waals surface area contributed by atoms with Crippen molar-refractivity contribution in [3.8, 4) is 23.1 Å². The molecule has 0 aliphatic carbocycles. The highest BCUT2D eigenvalue weighted by Crippen LogP contribution is 2.24. The number of rotatable bonds is 3.